The van der Waals surface area contributed by atoms with Gasteiger partial charge >= 0.3 is 6.03 Å². The van der Waals surface area contributed by atoms with Gasteiger partial charge in [-0.2, -0.15) is 0 Å². The molecule has 0 aliphatic heterocycles. The highest BCUT2D eigenvalue weighted by molar-refractivity contribution is 14.1. The van der Waals surface area contributed by atoms with Crippen molar-refractivity contribution in [3.05, 3.63) is 55.8 Å². The van der Waals surface area contributed by atoms with Gasteiger partial charge in [0.25, 0.3) is 0 Å². The highest BCUT2D eigenvalue weighted by atomic mass is 127. The quantitative estimate of drug-likeness (QED) is 0.624. The first-order chi connectivity index (χ1) is 9.45. The molecule has 0 atom stereocenters. The lowest BCUT2D eigenvalue weighted by molar-refractivity contribution is 0.262. The van der Waals surface area contributed by atoms with E-state index in [1.165, 1.54) is 18.2 Å². The minimum Gasteiger partial charge on any atom is -0.307 e. The molecule has 2 N–H and O–H groups in total. The zero-order valence-corrected chi connectivity index (χ0v) is 13.6. The van der Waals surface area contributed by atoms with Crippen LogP contribution in [0.25, 0.3) is 0 Å². The molecule has 0 spiro atoms. The van der Waals surface area contributed by atoms with Crippen LogP contribution in [-0.4, -0.2) is 6.03 Å². The van der Waals surface area contributed by atoms with Crippen molar-refractivity contribution in [3.63, 3.8) is 0 Å². The summed E-state index contributed by atoms with van der Waals surface area (Å²) in [6, 6.07) is 8.33. The molecule has 0 unspecified atom stereocenters. The molecule has 0 aliphatic rings. The van der Waals surface area contributed by atoms with Gasteiger partial charge in [0.05, 0.1) is 16.4 Å². The minimum absolute atomic E-state index is 0.363. The standard InChI is InChI=1S/C13H8Cl2FIN2O/c14-7-1-3-9(15)12(5-7)19-13(20)18-11-4-2-8(16)6-10(11)17/h1-6H,(H2,18,19,20). The Kier molecular flexibility index (Phi) is 5.06. The van der Waals surface area contributed by atoms with Gasteiger partial charge in [0.1, 0.15) is 5.82 Å². The van der Waals surface area contributed by atoms with Gasteiger partial charge in [-0.3, -0.25) is 0 Å². The predicted octanol–water partition coefficient (Wildman–Crippen LogP) is 5.38. The number of halogens is 4. The summed E-state index contributed by atoms with van der Waals surface area (Å²) < 4.78 is 13.6. The summed E-state index contributed by atoms with van der Waals surface area (Å²) in [5.74, 6) is -0.363. The third kappa shape index (κ3) is 3.97. The Morgan fingerprint density at radius 1 is 1.05 bits per heavy atom. The van der Waals surface area contributed by atoms with E-state index in [4.69, 9.17) is 23.2 Å². The van der Waals surface area contributed by atoms with E-state index < -0.39 is 6.03 Å². The van der Waals surface area contributed by atoms with Gasteiger partial charge in [-0.25, -0.2) is 9.18 Å². The summed E-state index contributed by atoms with van der Waals surface area (Å²) in [7, 11) is 0. The van der Waals surface area contributed by atoms with Crippen molar-refractivity contribution < 1.29 is 9.18 Å². The van der Waals surface area contributed by atoms with Crippen LogP contribution >= 0.6 is 45.8 Å². The highest BCUT2D eigenvalue weighted by Gasteiger charge is 2.09. The molecule has 2 aromatic rings. The molecule has 20 heavy (non-hydrogen) atoms. The Morgan fingerprint density at radius 2 is 1.75 bits per heavy atom. The van der Waals surface area contributed by atoms with E-state index in [-0.39, 0.29) is 5.82 Å². The van der Waals surface area contributed by atoms with Gasteiger partial charge < -0.3 is 10.6 Å². The van der Waals surface area contributed by atoms with E-state index >= 15 is 0 Å². The number of anilines is 2. The Labute approximate surface area is 138 Å². The molecule has 0 bridgehead atoms. The molecule has 0 aliphatic carbocycles. The molecule has 104 valence electrons. The van der Waals surface area contributed by atoms with Crippen LogP contribution in [-0.2, 0) is 0 Å². The average molecular weight is 425 g/mol. The Hall–Kier alpha value is -1.05. The molecular weight excluding hydrogens is 417 g/mol. The number of nitrogens with one attached hydrogen (secondary N) is 2. The maximum absolute atomic E-state index is 13.0. The topological polar surface area (TPSA) is 41.1 Å². The van der Waals surface area contributed by atoms with Crippen molar-refractivity contribution in [1.82, 2.24) is 0 Å². The Balaban J connectivity index is 2.11. The maximum Gasteiger partial charge on any atom is 0.323 e. The summed E-state index contributed by atoms with van der Waals surface area (Å²) >= 11 is 13.7. The number of amides is 2. The molecule has 0 radical (unpaired) electrons. The smallest absolute Gasteiger partial charge is 0.307 e. The van der Waals surface area contributed by atoms with Crippen molar-refractivity contribution in [1.29, 1.82) is 0 Å². The van der Waals surface area contributed by atoms with E-state index in [2.05, 4.69) is 10.6 Å². The van der Waals surface area contributed by atoms with Gasteiger partial charge in [0.2, 0.25) is 0 Å². The fraction of sp³-hybridized carbons (Fsp3) is 0. The first-order valence-corrected chi connectivity index (χ1v) is 7.27. The second-order valence-corrected chi connectivity index (χ2v) is 5.83. The number of hydrogen-bond donors (Lipinski definition) is 2. The fourth-order valence-electron chi connectivity index (χ4n) is 1.46. The third-order valence-corrected chi connectivity index (χ3v) is 3.81. The van der Waals surface area contributed by atoms with Crippen molar-refractivity contribution in [2.75, 3.05) is 10.6 Å². The second kappa shape index (κ2) is 6.60. The number of benzene rings is 2. The van der Waals surface area contributed by atoms with Crippen LogP contribution < -0.4 is 10.6 Å². The molecular formula is C13H8Cl2FIN2O. The zero-order valence-electron chi connectivity index (χ0n) is 9.88. The fourth-order valence-corrected chi connectivity index (χ4v) is 2.41. The Morgan fingerprint density at radius 3 is 2.45 bits per heavy atom. The molecule has 0 saturated heterocycles. The first kappa shape index (κ1) is 15.3. The maximum atomic E-state index is 13.0. The molecule has 2 aromatic carbocycles. The van der Waals surface area contributed by atoms with Gasteiger partial charge in [-0.1, -0.05) is 23.2 Å². The van der Waals surface area contributed by atoms with Crippen LogP contribution in [0, 0.1) is 9.39 Å². The lowest BCUT2D eigenvalue weighted by atomic mass is 10.3. The van der Waals surface area contributed by atoms with Crippen LogP contribution in [0.3, 0.4) is 0 Å². The van der Waals surface area contributed by atoms with Crippen LogP contribution in [0.1, 0.15) is 0 Å². The van der Waals surface area contributed by atoms with Crippen molar-refractivity contribution >= 4 is 63.2 Å². The predicted molar refractivity (Wildman–Crippen MR) is 88.2 cm³/mol. The second-order valence-electron chi connectivity index (χ2n) is 3.83. The third-order valence-electron chi connectivity index (χ3n) is 2.36. The minimum atomic E-state index is -0.487. The molecule has 0 fully saturated rings. The SMILES string of the molecule is O=C(Nc1cc(Cl)ccc1Cl)Nc1ccc(F)cc1I. The van der Waals surface area contributed by atoms with Crippen LogP contribution in [0.2, 0.25) is 10.0 Å². The van der Waals surface area contributed by atoms with Crippen molar-refractivity contribution in [2.24, 2.45) is 0 Å². The van der Waals surface area contributed by atoms with E-state index in [1.54, 1.807) is 18.2 Å². The number of urea groups is 1. The molecule has 0 saturated carbocycles. The molecule has 3 nitrogen and oxygen atoms in total. The van der Waals surface area contributed by atoms with Crippen molar-refractivity contribution in [3.8, 4) is 0 Å². The normalized spacial score (nSPS) is 10.2. The molecule has 7 heteroatoms. The Bertz CT molecular complexity index is 667. The summed E-state index contributed by atoms with van der Waals surface area (Å²) in [5, 5.41) is 6.02. The van der Waals surface area contributed by atoms with E-state index in [0.717, 1.165) is 0 Å². The van der Waals surface area contributed by atoms with E-state index in [1.807, 2.05) is 22.6 Å². The largest absolute Gasteiger partial charge is 0.323 e. The molecule has 0 heterocycles. The van der Waals surface area contributed by atoms with Gasteiger partial charge in [-0.15, -0.1) is 0 Å². The van der Waals surface area contributed by atoms with Crippen LogP contribution in [0.5, 0.6) is 0 Å². The molecule has 0 aromatic heterocycles. The summed E-state index contributed by atoms with van der Waals surface area (Å²) in [5.41, 5.74) is 0.899. The zero-order chi connectivity index (χ0) is 14.7. The first-order valence-electron chi connectivity index (χ1n) is 5.44. The van der Waals surface area contributed by atoms with Gasteiger partial charge in [0, 0.05) is 8.59 Å². The van der Waals surface area contributed by atoms with Crippen LogP contribution in [0.4, 0.5) is 20.6 Å². The number of hydrogen-bond acceptors (Lipinski definition) is 1. The highest BCUT2D eigenvalue weighted by Crippen LogP contribution is 2.26. The summed E-state index contributed by atoms with van der Waals surface area (Å²) in [6.45, 7) is 0. The molecule has 2 rings (SSSR count). The number of rotatable bonds is 2. The number of carbonyl (C=O) groups excluding carboxylic acids is 1. The van der Waals surface area contributed by atoms with Gasteiger partial charge in [-0.05, 0) is 59.0 Å². The lowest BCUT2D eigenvalue weighted by Crippen LogP contribution is -2.20. The summed E-state index contributed by atoms with van der Waals surface area (Å²) in [4.78, 5) is 11.9. The van der Waals surface area contributed by atoms with E-state index in [9.17, 15) is 9.18 Å². The van der Waals surface area contributed by atoms with E-state index in [0.29, 0.717) is 25.0 Å². The number of carbonyl (C=O) groups is 1. The van der Waals surface area contributed by atoms with Crippen molar-refractivity contribution in [2.45, 2.75) is 0 Å². The lowest BCUT2D eigenvalue weighted by Gasteiger charge is -2.10. The van der Waals surface area contributed by atoms with Gasteiger partial charge in [0.15, 0.2) is 0 Å². The molecule has 2 amide bonds. The summed E-state index contributed by atoms with van der Waals surface area (Å²) in [6.07, 6.45) is 0. The monoisotopic (exact) mass is 424 g/mol. The average Bonchev–Trinajstić information content (AvgIpc) is 2.37. The van der Waals surface area contributed by atoms with Crippen LogP contribution in [0.15, 0.2) is 36.4 Å².